The summed E-state index contributed by atoms with van der Waals surface area (Å²) in [6, 6.07) is 19.6. The third-order valence-electron chi connectivity index (χ3n) is 3.46. The molecule has 0 saturated carbocycles. The second-order valence-corrected chi connectivity index (χ2v) is 4.98. The van der Waals surface area contributed by atoms with E-state index in [1.54, 1.807) is 17.9 Å². The minimum atomic E-state index is 0.377. The van der Waals surface area contributed by atoms with E-state index < -0.39 is 0 Å². The Kier molecular flexibility index (Phi) is 3.63. The van der Waals surface area contributed by atoms with E-state index in [0.717, 1.165) is 28.3 Å². The van der Waals surface area contributed by atoms with Crippen molar-refractivity contribution >= 4 is 0 Å². The molecule has 4 nitrogen and oxygen atoms in total. The van der Waals surface area contributed by atoms with Crippen LogP contribution >= 0.6 is 0 Å². The lowest BCUT2D eigenvalue weighted by Gasteiger charge is -2.12. The average molecular weight is 289 g/mol. The number of aromatic nitrogens is 2. The Morgan fingerprint density at radius 3 is 2.55 bits per heavy atom. The summed E-state index contributed by atoms with van der Waals surface area (Å²) in [5.74, 6) is 0.757. The maximum Gasteiger partial charge on any atom is 0.163 e. The lowest BCUT2D eigenvalue weighted by atomic mass is 10.1. The number of rotatable bonds is 3. The molecule has 3 aromatic rings. The van der Waals surface area contributed by atoms with Crippen LogP contribution in [0.15, 0.2) is 54.6 Å². The van der Waals surface area contributed by atoms with Gasteiger partial charge in [-0.2, -0.15) is 10.4 Å². The smallest absolute Gasteiger partial charge is 0.163 e. The van der Waals surface area contributed by atoms with E-state index in [9.17, 15) is 5.26 Å². The molecular weight excluding hydrogens is 274 g/mol. The molecule has 1 aromatic heterocycles. The summed E-state index contributed by atoms with van der Waals surface area (Å²) in [5.41, 5.74) is 4.16. The topological polar surface area (TPSA) is 50.8 Å². The van der Waals surface area contributed by atoms with Gasteiger partial charge in [-0.3, -0.25) is 0 Å². The summed E-state index contributed by atoms with van der Waals surface area (Å²) in [6.45, 7) is 2.03. The van der Waals surface area contributed by atoms with E-state index in [0.29, 0.717) is 5.69 Å². The van der Waals surface area contributed by atoms with Gasteiger partial charge in [-0.25, -0.2) is 4.68 Å². The number of hydrogen-bond acceptors (Lipinski definition) is 3. The Morgan fingerprint density at radius 2 is 1.86 bits per heavy atom. The predicted molar refractivity (Wildman–Crippen MR) is 85.0 cm³/mol. The number of nitriles is 1. The van der Waals surface area contributed by atoms with Crippen LogP contribution in [0.5, 0.6) is 5.75 Å². The first-order chi connectivity index (χ1) is 10.7. The predicted octanol–water partition coefficient (Wildman–Crippen LogP) is 3.73. The molecule has 0 fully saturated rings. The number of nitrogens with zero attached hydrogens (tertiary/aromatic N) is 3. The molecule has 108 valence electrons. The summed E-state index contributed by atoms with van der Waals surface area (Å²) in [7, 11) is 1.64. The van der Waals surface area contributed by atoms with Crippen LogP contribution in [0.1, 0.15) is 11.3 Å². The molecule has 0 N–H and O–H groups in total. The Balaban J connectivity index is 2.26. The van der Waals surface area contributed by atoms with Crippen molar-refractivity contribution in [1.82, 2.24) is 9.78 Å². The van der Waals surface area contributed by atoms with Crippen LogP contribution in [-0.4, -0.2) is 16.9 Å². The Labute approximate surface area is 129 Å². The SMILES string of the molecule is COc1ccc(C)cc1-c1cc(C#N)nn1-c1ccccc1. The molecule has 0 aliphatic heterocycles. The maximum atomic E-state index is 9.19. The van der Waals surface area contributed by atoms with Gasteiger partial charge in [-0.05, 0) is 31.2 Å². The number of benzene rings is 2. The zero-order valence-electron chi connectivity index (χ0n) is 12.4. The van der Waals surface area contributed by atoms with Crippen LogP contribution in [-0.2, 0) is 0 Å². The molecule has 3 rings (SSSR count). The Hall–Kier alpha value is -3.06. The highest BCUT2D eigenvalue weighted by atomic mass is 16.5. The normalized spacial score (nSPS) is 10.2. The fraction of sp³-hybridized carbons (Fsp3) is 0.111. The van der Waals surface area contributed by atoms with Gasteiger partial charge in [0.1, 0.15) is 11.8 Å². The van der Waals surface area contributed by atoms with Gasteiger partial charge in [-0.15, -0.1) is 0 Å². The molecule has 4 heteroatoms. The minimum absolute atomic E-state index is 0.377. The lowest BCUT2D eigenvalue weighted by Crippen LogP contribution is -2.00. The van der Waals surface area contributed by atoms with Gasteiger partial charge in [-0.1, -0.05) is 29.8 Å². The monoisotopic (exact) mass is 289 g/mol. The van der Waals surface area contributed by atoms with Crippen LogP contribution in [0.2, 0.25) is 0 Å². The van der Waals surface area contributed by atoms with Gasteiger partial charge in [0.25, 0.3) is 0 Å². The minimum Gasteiger partial charge on any atom is -0.496 e. The van der Waals surface area contributed by atoms with E-state index in [1.807, 2.05) is 55.5 Å². The van der Waals surface area contributed by atoms with Crippen molar-refractivity contribution in [3.05, 3.63) is 65.9 Å². The molecular formula is C18H15N3O. The molecule has 0 radical (unpaired) electrons. The first-order valence-corrected chi connectivity index (χ1v) is 6.93. The first kappa shape index (κ1) is 13.9. The highest BCUT2D eigenvalue weighted by Gasteiger charge is 2.15. The van der Waals surface area contributed by atoms with Crippen molar-refractivity contribution in [2.75, 3.05) is 7.11 Å². The summed E-state index contributed by atoms with van der Waals surface area (Å²) in [4.78, 5) is 0. The molecule has 22 heavy (non-hydrogen) atoms. The molecule has 0 bridgehead atoms. The Bertz CT molecular complexity index is 845. The molecule has 0 atom stereocenters. The molecule has 0 aliphatic rings. The highest BCUT2D eigenvalue weighted by molar-refractivity contribution is 5.71. The van der Waals surface area contributed by atoms with E-state index in [-0.39, 0.29) is 0 Å². The van der Waals surface area contributed by atoms with E-state index >= 15 is 0 Å². The summed E-state index contributed by atoms with van der Waals surface area (Å²) < 4.78 is 7.24. The zero-order chi connectivity index (χ0) is 15.5. The largest absolute Gasteiger partial charge is 0.496 e. The average Bonchev–Trinajstić information content (AvgIpc) is 3.00. The molecule has 0 spiro atoms. The third kappa shape index (κ3) is 2.45. The van der Waals surface area contributed by atoms with Gasteiger partial charge in [0, 0.05) is 11.6 Å². The Morgan fingerprint density at radius 1 is 1.09 bits per heavy atom. The summed E-state index contributed by atoms with van der Waals surface area (Å²) >= 11 is 0. The molecule has 2 aromatic carbocycles. The van der Waals surface area contributed by atoms with Crippen molar-refractivity contribution in [3.63, 3.8) is 0 Å². The summed E-state index contributed by atoms with van der Waals surface area (Å²) in [6.07, 6.45) is 0. The zero-order valence-corrected chi connectivity index (χ0v) is 12.4. The maximum absolute atomic E-state index is 9.19. The van der Waals surface area contributed by atoms with Crippen molar-refractivity contribution in [2.24, 2.45) is 0 Å². The van der Waals surface area contributed by atoms with Gasteiger partial charge in [0.15, 0.2) is 5.69 Å². The van der Waals surface area contributed by atoms with Crippen LogP contribution in [0.4, 0.5) is 0 Å². The quantitative estimate of drug-likeness (QED) is 0.738. The van der Waals surface area contributed by atoms with Crippen molar-refractivity contribution in [2.45, 2.75) is 6.92 Å². The van der Waals surface area contributed by atoms with Gasteiger partial charge < -0.3 is 4.74 Å². The summed E-state index contributed by atoms with van der Waals surface area (Å²) in [5, 5.41) is 13.6. The van der Waals surface area contributed by atoms with E-state index in [4.69, 9.17) is 4.74 Å². The fourth-order valence-electron chi connectivity index (χ4n) is 2.42. The standard InChI is InChI=1S/C18H15N3O/c1-13-8-9-18(22-2)16(10-13)17-11-14(12-19)20-21(17)15-6-4-3-5-7-15/h3-11H,1-2H3. The molecule has 0 amide bonds. The third-order valence-corrected chi connectivity index (χ3v) is 3.46. The lowest BCUT2D eigenvalue weighted by molar-refractivity contribution is 0.416. The fourth-order valence-corrected chi connectivity index (χ4v) is 2.42. The van der Waals surface area contributed by atoms with Crippen LogP contribution in [0, 0.1) is 18.3 Å². The van der Waals surface area contributed by atoms with E-state index in [1.165, 1.54) is 0 Å². The number of para-hydroxylation sites is 1. The van der Waals surface area contributed by atoms with E-state index in [2.05, 4.69) is 11.2 Å². The molecule has 0 unspecified atom stereocenters. The molecule has 1 heterocycles. The number of hydrogen-bond donors (Lipinski definition) is 0. The van der Waals surface area contributed by atoms with Crippen molar-refractivity contribution in [1.29, 1.82) is 5.26 Å². The second-order valence-electron chi connectivity index (χ2n) is 4.98. The van der Waals surface area contributed by atoms with Crippen molar-refractivity contribution < 1.29 is 4.74 Å². The molecule has 0 aliphatic carbocycles. The van der Waals surface area contributed by atoms with Gasteiger partial charge >= 0.3 is 0 Å². The highest BCUT2D eigenvalue weighted by Crippen LogP contribution is 2.32. The van der Waals surface area contributed by atoms with Crippen LogP contribution in [0.3, 0.4) is 0 Å². The molecule has 0 saturated heterocycles. The number of methoxy groups -OCH3 is 1. The number of ether oxygens (including phenoxy) is 1. The van der Waals surface area contributed by atoms with Crippen LogP contribution in [0.25, 0.3) is 16.9 Å². The van der Waals surface area contributed by atoms with Crippen molar-refractivity contribution in [3.8, 4) is 28.8 Å². The van der Waals surface area contributed by atoms with Crippen LogP contribution < -0.4 is 4.74 Å². The van der Waals surface area contributed by atoms with Gasteiger partial charge in [0.05, 0.1) is 18.5 Å². The number of aryl methyl sites for hydroxylation is 1. The van der Waals surface area contributed by atoms with Gasteiger partial charge in [0.2, 0.25) is 0 Å². The first-order valence-electron chi connectivity index (χ1n) is 6.93. The second kappa shape index (κ2) is 5.74.